The van der Waals surface area contributed by atoms with Crippen LogP contribution in [0, 0.1) is 5.92 Å². The molecule has 3 unspecified atom stereocenters. The summed E-state index contributed by atoms with van der Waals surface area (Å²) in [6.45, 7) is 4.03. The minimum Gasteiger partial charge on any atom is -0.496 e. The average Bonchev–Trinajstić information content (AvgIpc) is 3.02. The van der Waals surface area contributed by atoms with Gasteiger partial charge in [-0.3, -0.25) is 0 Å². The summed E-state index contributed by atoms with van der Waals surface area (Å²) in [6, 6.07) is 11.3. The predicted octanol–water partition coefficient (Wildman–Crippen LogP) is 3.07. The molecule has 1 heterocycles. The van der Waals surface area contributed by atoms with Gasteiger partial charge >= 0.3 is 0 Å². The highest BCUT2D eigenvalue weighted by molar-refractivity contribution is 5.29. The van der Waals surface area contributed by atoms with E-state index in [1.807, 2.05) is 0 Å². The Bertz CT molecular complexity index is 426. The highest BCUT2D eigenvalue weighted by Gasteiger charge is 2.45. The fraction of sp³-hybridized carbons (Fsp3) is 0.500. The maximum absolute atomic E-state index is 5.75. The minimum atomic E-state index is 0.419. The number of rotatable bonds is 5. The van der Waals surface area contributed by atoms with E-state index in [-0.39, 0.29) is 0 Å². The Kier molecular flexibility index (Phi) is 3.37. The molecule has 3 rings (SSSR count). The van der Waals surface area contributed by atoms with Crippen molar-refractivity contribution in [1.82, 2.24) is 5.32 Å². The van der Waals surface area contributed by atoms with Crippen LogP contribution in [0.2, 0.25) is 0 Å². The average molecular weight is 243 g/mol. The first-order valence-corrected chi connectivity index (χ1v) is 7.01. The lowest BCUT2D eigenvalue weighted by molar-refractivity contribution is 0.208. The van der Waals surface area contributed by atoms with Gasteiger partial charge in [0.05, 0.1) is 12.6 Å². The molecule has 1 N–H and O–H groups in total. The number of likely N-dealkylation sites (N-methyl/N-ethyl adjacent to an activating group) is 1. The van der Waals surface area contributed by atoms with Crippen LogP contribution >= 0.6 is 0 Å². The van der Waals surface area contributed by atoms with Gasteiger partial charge in [-0.25, -0.2) is 0 Å². The molecule has 1 fully saturated rings. The van der Waals surface area contributed by atoms with Crippen molar-refractivity contribution in [1.29, 1.82) is 0 Å². The number of hydrogen-bond acceptors (Lipinski definition) is 2. The molecule has 0 saturated heterocycles. The second kappa shape index (κ2) is 5.15. The third-order valence-electron chi connectivity index (χ3n) is 3.96. The first-order valence-electron chi connectivity index (χ1n) is 7.01. The van der Waals surface area contributed by atoms with Crippen LogP contribution in [-0.4, -0.2) is 19.2 Å². The van der Waals surface area contributed by atoms with Crippen molar-refractivity contribution in [2.45, 2.75) is 31.7 Å². The van der Waals surface area contributed by atoms with E-state index in [0.29, 0.717) is 17.9 Å². The van der Waals surface area contributed by atoms with Gasteiger partial charge in [-0.1, -0.05) is 37.3 Å². The van der Waals surface area contributed by atoms with Crippen LogP contribution in [0.1, 0.15) is 31.2 Å². The Morgan fingerprint density at radius 3 is 2.83 bits per heavy atom. The lowest BCUT2D eigenvalue weighted by Crippen LogP contribution is -2.33. The van der Waals surface area contributed by atoms with Crippen LogP contribution in [0.5, 0.6) is 0 Å². The van der Waals surface area contributed by atoms with E-state index in [0.717, 1.165) is 19.6 Å². The summed E-state index contributed by atoms with van der Waals surface area (Å²) in [7, 11) is 0. The van der Waals surface area contributed by atoms with Crippen molar-refractivity contribution >= 4 is 0 Å². The second-order valence-corrected chi connectivity index (χ2v) is 5.20. The molecule has 3 atom stereocenters. The molecule has 2 nitrogen and oxygen atoms in total. The minimum absolute atomic E-state index is 0.419. The largest absolute Gasteiger partial charge is 0.496 e. The zero-order valence-corrected chi connectivity index (χ0v) is 10.9. The molecular formula is C16H21NO. The lowest BCUT2D eigenvalue weighted by Gasteiger charge is -2.19. The van der Waals surface area contributed by atoms with E-state index in [9.17, 15) is 0 Å². The van der Waals surface area contributed by atoms with E-state index in [2.05, 4.69) is 48.6 Å². The number of ether oxygens (including phenoxy) is 1. The van der Waals surface area contributed by atoms with Gasteiger partial charge < -0.3 is 10.1 Å². The van der Waals surface area contributed by atoms with E-state index >= 15 is 0 Å². The Balaban J connectivity index is 1.70. The maximum atomic E-state index is 5.75. The van der Waals surface area contributed by atoms with Gasteiger partial charge in [0.25, 0.3) is 0 Å². The summed E-state index contributed by atoms with van der Waals surface area (Å²) in [5.74, 6) is 2.59. The third kappa shape index (κ3) is 2.30. The summed E-state index contributed by atoms with van der Waals surface area (Å²) < 4.78 is 5.75. The van der Waals surface area contributed by atoms with Gasteiger partial charge in [0.2, 0.25) is 0 Å². The van der Waals surface area contributed by atoms with Crippen molar-refractivity contribution in [2.24, 2.45) is 5.92 Å². The van der Waals surface area contributed by atoms with Gasteiger partial charge in [-0.05, 0) is 36.4 Å². The van der Waals surface area contributed by atoms with Crippen LogP contribution in [0.3, 0.4) is 0 Å². The zero-order valence-electron chi connectivity index (χ0n) is 10.9. The van der Waals surface area contributed by atoms with E-state index in [1.165, 1.54) is 17.7 Å². The molecule has 1 aromatic rings. The molecule has 0 spiro atoms. The van der Waals surface area contributed by atoms with Crippen molar-refractivity contribution in [2.75, 3.05) is 13.2 Å². The molecule has 0 radical (unpaired) electrons. The molecule has 0 aromatic heterocycles. The summed E-state index contributed by atoms with van der Waals surface area (Å²) in [4.78, 5) is 0. The first-order chi connectivity index (χ1) is 8.90. The Morgan fingerprint density at radius 1 is 1.33 bits per heavy atom. The molecule has 2 heteroatoms. The fourth-order valence-corrected chi connectivity index (χ4v) is 3.00. The Hall–Kier alpha value is -1.28. The van der Waals surface area contributed by atoms with Crippen LogP contribution in [0.15, 0.2) is 42.2 Å². The molecule has 0 bridgehead atoms. The number of hydrogen-bond donors (Lipinski definition) is 1. The van der Waals surface area contributed by atoms with Gasteiger partial charge in [-0.2, -0.15) is 0 Å². The molecule has 96 valence electrons. The topological polar surface area (TPSA) is 21.3 Å². The summed E-state index contributed by atoms with van der Waals surface area (Å²) in [5.41, 5.74) is 1.48. The fourth-order valence-electron chi connectivity index (χ4n) is 3.00. The molecule has 1 aliphatic heterocycles. The molecule has 1 aromatic carbocycles. The molecule has 18 heavy (non-hydrogen) atoms. The Morgan fingerprint density at radius 2 is 2.17 bits per heavy atom. The third-order valence-corrected chi connectivity index (χ3v) is 3.96. The van der Waals surface area contributed by atoms with Crippen LogP contribution < -0.4 is 5.32 Å². The number of benzene rings is 1. The highest BCUT2D eigenvalue weighted by Crippen LogP contribution is 2.51. The smallest absolute Gasteiger partial charge is 0.109 e. The SMILES string of the molecule is CCNC(C1=CCCO1)C1CC1c1ccccc1. The zero-order chi connectivity index (χ0) is 12.4. The predicted molar refractivity (Wildman–Crippen MR) is 73.4 cm³/mol. The van der Waals surface area contributed by atoms with Gasteiger partial charge in [0.15, 0.2) is 0 Å². The normalized spacial score (nSPS) is 27.5. The van der Waals surface area contributed by atoms with Crippen LogP contribution in [-0.2, 0) is 4.74 Å². The number of nitrogens with one attached hydrogen (secondary N) is 1. The van der Waals surface area contributed by atoms with Crippen molar-refractivity contribution in [3.63, 3.8) is 0 Å². The van der Waals surface area contributed by atoms with Crippen LogP contribution in [0.4, 0.5) is 0 Å². The maximum Gasteiger partial charge on any atom is 0.109 e. The molecule has 2 aliphatic rings. The quantitative estimate of drug-likeness (QED) is 0.858. The van der Waals surface area contributed by atoms with Crippen molar-refractivity contribution in [3.05, 3.63) is 47.7 Å². The Labute approximate surface area is 109 Å². The standard InChI is InChI=1S/C16H21NO/c1-2-17-16(15-9-6-10-18-15)14-11-13(14)12-7-4-3-5-8-12/h3-5,7-9,13-14,16-17H,2,6,10-11H2,1H3. The van der Waals surface area contributed by atoms with E-state index in [4.69, 9.17) is 4.74 Å². The van der Waals surface area contributed by atoms with Gasteiger partial charge in [0.1, 0.15) is 5.76 Å². The molecular weight excluding hydrogens is 222 g/mol. The monoisotopic (exact) mass is 243 g/mol. The second-order valence-electron chi connectivity index (χ2n) is 5.20. The van der Waals surface area contributed by atoms with E-state index < -0.39 is 0 Å². The summed E-state index contributed by atoms with van der Waals surface area (Å²) in [5, 5.41) is 3.59. The summed E-state index contributed by atoms with van der Waals surface area (Å²) in [6.07, 6.45) is 4.61. The van der Waals surface area contributed by atoms with E-state index in [1.54, 1.807) is 0 Å². The summed E-state index contributed by atoms with van der Waals surface area (Å²) >= 11 is 0. The molecule has 1 saturated carbocycles. The van der Waals surface area contributed by atoms with Crippen LogP contribution in [0.25, 0.3) is 0 Å². The highest BCUT2D eigenvalue weighted by atomic mass is 16.5. The lowest BCUT2D eigenvalue weighted by atomic mass is 10.0. The van der Waals surface area contributed by atoms with Crippen molar-refractivity contribution < 1.29 is 4.74 Å². The molecule has 1 aliphatic carbocycles. The first kappa shape index (κ1) is 11.8. The van der Waals surface area contributed by atoms with Gasteiger partial charge in [-0.15, -0.1) is 0 Å². The van der Waals surface area contributed by atoms with Crippen molar-refractivity contribution in [3.8, 4) is 0 Å². The van der Waals surface area contributed by atoms with Gasteiger partial charge in [0, 0.05) is 6.42 Å². The molecule has 0 amide bonds.